The van der Waals surface area contributed by atoms with Gasteiger partial charge in [0.2, 0.25) is 0 Å². The van der Waals surface area contributed by atoms with Gasteiger partial charge >= 0.3 is 0 Å². The lowest BCUT2D eigenvalue weighted by Gasteiger charge is -2.07. The topological polar surface area (TPSA) is 34.1 Å². The molecule has 4 rings (SSSR count). The zero-order valence-electron chi connectivity index (χ0n) is 16.4. The Morgan fingerprint density at radius 1 is 0.517 bits per heavy atom. The van der Waals surface area contributed by atoms with Gasteiger partial charge < -0.3 is 0 Å². The molecule has 0 amide bonds. The summed E-state index contributed by atoms with van der Waals surface area (Å²) in [5, 5.41) is 4.58. The van der Waals surface area contributed by atoms with Gasteiger partial charge in [-0.3, -0.25) is 9.59 Å². The van der Waals surface area contributed by atoms with E-state index in [1.165, 1.54) is 0 Å². The average molecular weight is 380 g/mol. The summed E-state index contributed by atoms with van der Waals surface area (Å²) in [4.78, 5) is 24.9. The summed E-state index contributed by atoms with van der Waals surface area (Å²) in [6, 6.07) is 28.4. The Kier molecular flexibility index (Phi) is 5.81. The van der Waals surface area contributed by atoms with E-state index in [0.29, 0.717) is 32.1 Å². The lowest BCUT2D eigenvalue weighted by atomic mass is 9.96. The SMILES string of the molecule is O=C(CCCC(=O)Cc1cccc2ccccc12)Cc1cccc2ccccc12. The third-order valence-corrected chi connectivity index (χ3v) is 5.45. The van der Waals surface area contributed by atoms with E-state index in [0.717, 1.165) is 32.7 Å². The number of fused-ring (bicyclic) bond motifs is 2. The van der Waals surface area contributed by atoms with Crippen molar-refractivity contribution in [1.29, 1.82) is 0 Å². The van der Waals surface area contributed by atoms with E-state index in [9.17, 15) is 9.59 Å². The van der Waals surface area contributed by atoms with Crippen LogP contribution in [0, 0.1) is 0 Å². The van der Waals surface area contributed by atoms with Crippen LogP contribution in [-0.4, -0.2) is 11.6 Å². The molecule has 2 nitrogen and oxygen atoms in total. The highest BCUT2D eigenvalue weighted by atomic mass is 16.1. The van der Waals surface area contributed by atoms with Crippen LogP contribution in [0.15, 0.2) is 84.9 Å². The smallest absolute Gasteiger partial charge is 0.137 e. The zero-order valence-corrected chi connectivity index (χ0v) is 16.4. The van der Waals surface area contributed by atoms with Gasteiger partial charge in [-0.2, -0.15) is 0 Å². The normalized spacial score (nSPS) is 11.0. The van der Waals surface area contributed by atoms with Crippen molar-refractivity contribution in [3.8, 4) is 0 Å². The van der Waals surface area contributed by atoms with Gasteiger partial charge in [0.15, 0.2) is 0 Å². The zero-order chi connectivity index (χ0) is 20.1. The molecule has 0 saturated heterocycles. The van der Waals surface area contributed by atoms with E-state index in [2.05, 4.69) is 36.4 Å². The maximum atomic E-state index is 12.5. The van der Waals surface area contributed by atoms with Crippen LogP contribution >= 0.6 is 0 Å². The average Bonchev–Trinajstić information content (AvgIpc) is 2.74. The van der Waals surface area contributed by atoms with Crippen molar-refractivity contribution >= 4 is 33.1 Å². The minimum absolute atomic E-state index is 0.194. The molecule has 0 atom stereocenters. The maximum absolute atomic E-state index is 12.5. The fourth-order valence-corrected chi connectivity index (χ4v) is 3.98. The summed E-state index contributed by atoms with van der Waals surface area (Å²) in [6.45, 7) is 0. The molecule has 4 aromatic rings. The molecule has 144 valence electrons. The molecule has 0 unspecified atom stereocenters. The van der Waals surface area contributed by atoms with Crippen molar-refractivity contribution in [3.63, 3.8) is 0 Å². The molecular weight excluding hydrogens is 356 g/mol. The van der Waals surface area contributed by atoms with Gasteiger partial charge in [-0.05, 0) is 39.1 Å². The molecule has 0 aliphatic heterocycles. The second kappa shape index (κ2) is 8.83. The van der Waals surface area contributed by atoms with Crippen molar-refractivity contribution in [2.75, 3.05) is 0 Å². The van der Waals surface area contributed by atoms with Crippen LogP contribution in [0.1, 0.15) is 30.4 Å². The van der Waals surface area contributed by atoms with Crippen LogP contribution in [0.2, 0.25) is 0 Å². The third kappa shape index (κ3) is 4.60. The molecule has 0 aliphatic carbocycles. The lowest BCUT2D eigenvalue weighted by molar-refractivity contribution is -0.119. The molecule has 0 saturated carbocycles. The van der Waals surface area contributed by atoms with Gasteiger partial charge in [0.1, 0.15) is 11.6 Å². The van der Waals surface area contributed by atoms with Crippen LogP contribution < -0.4 is 0 Å². The third-order valence-electron chi connectivity index (χ3n) is 5.45. The summed E-state index contributed by atoms with van der Waals surface area (Å²) >= 11 is 0. The monoisotopic (exact) mass is 380 g/mol. The van der Waals surface area contributed by atoms with Crippen LogP contribution in [-0.2, 0) is 22.4 Å². The van der Waals surface area contributed by atoms with E-state index < -0.39 is 0 Å². The minimum Gasteiger partial charge on any atom is -0.299 e. The quantitative estimate of drug-likeness (QED) is 0.371. The number of ketones is 2. The molecule has 4 aromatic carbocycles. The first kappa shape index (κ1) is 19.1. The first-order valence-corrected chi connectivity index (χ1v) is 10.2. The summed E-state index contributed by atoms with van der Waals surface area (Å²) in [5.41, 5.74) is 2.13. The van der Waals surface area contributed by atoms with E-state index in [-0.39, 0.29) is 11.6 Å². The van der Waals surface area contributed by atoms with Gasteiger partial charge in [-0.1, -0.05) is 84.9 Å². The maximum Gasteiger partial charge on any atom is 0.137 e. The molecule has 0 spiro atoms. The van der Waals surface area contributed by atoms with Crippen molar-refractivity contribution < 1.29 is 9.59 Å². The van der Waals surface area contributed by atoms with Gasteiger partial charge in [0.05, 0.1) is 0 Å². The number of rotatable bonds is 8. The number of hydrogen-bond acceptors (Lipinski definition) is 2. The minimum atomic E-state index is 0.194. The molecule has 2 heteroatoms. The van der Waals surface area contributed by atoms with Gasteiger partial charge in [0.25, 0.3) is 0 Å². The molecule has 0 fully saturated rings. The Hall–Kier alpha value is -3.26. The fourth-order valence-electron chi connectivity index (χ4n) is 3.98. The molecule has 0 aliphatic rings. The van der Waals surface area contributed by atoms with Crippen molar-refractivity contribution in [1.82, 2.24) is 0 Å². The van der Waals surface area contributed by atoms with Crippen LogP contribution in [0.25, 0.3) is 21.5 Å². The largest absolute Gasteiger partial charge is 0.299 e. The Morgan fingerprint density at radius 2 is 0.931 bits per heavy atom. The van der Waals surface area contributed by atoms with Gasteiger partial charge in [-0.25, -0.2) is 0 Å². The molecule has 0 heterocycles. The predicted molar refractivity (Wildman–Crippen MR) is 119 cm³/mol. The molecule has 0 bridgehead atoms. The Bertz CT molecular complexity index is 1070. The number of carbonyl (C=O) groups excluding carboxylic acids is 2. The lowest BCUT2D eigenvalue weighted by Crippen LogP contribution is -2.07. The van der Waals surface area contributed by atoms with Crippen LogP contribution in [0.5, 0.6) is 0 Å². The Balaban J connectivity index is 1.31. The van der Waals surface area contributed by atoms with E-state index >= 15 is 0 Å². The predicted octanol–water partition coefficient (Wildman–Crippen LogP) is 6.09. The number of Topliss-reactive ketones (excluding diaryl/α,β-unsaturated/α-hetero) is 2. The van der Waals surface area contributed by atoms with Crippen molar-refractivity contribution in [2.24, 2.45) is 0 Å². The number of carbonyl (C=O) groups is 2. The number of hydrogen-bond donors (Lipinski definition) is 0. The van der Waals surface area contributed by atoms with E-state index in [1.807, 2.05) is 48.5 Å². The first-order valence-electron chi connectivity index (χ1n) is 10.2. The second-order valence-electron chi connectivity index (χ2n) is 7.56. The highest BCUT2D eigenvalue weighted by Crippen LogP contribution is 2.21. The first-order chi connectivity index (χ1) is 14.2. The summed E-state index contributed by atoms with van der Waals surface area (Å²) < 4.78 is 0. The molecule has 29 heavy (non-hydrogen) atoms. The van der Waals surface area contributed by atoms with Gasteiger partial charge in [0, 0.05) is 25.7 Å². The summed E-state index contributed by atoms with van der Waals surface area (Å²) in [7, 11) is 0. The van der Waals surface area contributed by atoms with Crippen LogP contribution in [0.4, 0.5) is 0 Å². The number of benzene rings is 4. The van der Waals surface area contributed by atoms with Crippen LogP contribution in [0.3, 0.4) is 0 Å². The fraction of sp³-hybridized carbons (Fsp3) is 0.185. The summed E-state index contributed by atoms with van der Waals surface area (Å²) in [5.74, 6) is 0.388. The second-order valence-corrected chi connectivity index (χ2v) is 7.56. The standard InChI is InChI=1S/C27H24O2/c28-24(18-22-12-5-10-20-8-1-3-16-26(20)22)14-7-15-25(29)19-23-13-6-11-21-9-2-4-17-27(21)23/h1-6,8-13,16-17H,7,14-15,18-19H2. The Labute approximate surface area is 171 Å². The van der Waals surface area contributed by atoms with Gasteiger partial charge in [-0.15, -0.1) is 0 Å². The Morgan fingerprint density at radius 3 is 1.41 bits per heavy atom. The highest BCUT2D eigenvalue weighted by molar-refractivity contribution is 5.92. The molecule has 0 aromatic heterocycles. The van der Waals surface area contributed by atoms with E-state index in [4.69, 9.17) is 0 Å². The molecular formula is C27H24O2. The molecule has 0 N–H and O–H groups in total. The highest BCUT2D eigenvalue weighted by Gasteiger charge is 2.10. The summed E-state index contributed by atoms with van der Waals surface area (Å²) in [6.07, 6.45) is 2.37. The van der Waals surface area contributed by atoms with Crippen molar-refractivity contribution in [3.05, 3.63) is 96.1 Å². The van der Waals surface area contributed by atoms with Crippen molar-refractivity contribution in [2.45, 2.75) is 32.1 Å². The molecule has 0 radical (unpaired) electrons. The van der Waals surface area contributed by atoms with E-state index in [1.54, 1.807) is 0 Å².